The van der Waals surface area contributed by atoms with Crippen molar-refractivity contribution in [2.45, 2.75) is 44.8 Å². The smallest absolute Gasteiger partial charge is 0.369 e. The lowest BCUT2D eigenvalue weighted by Gasteiger charge is -2.29. The van der Waals surface area contributed by atoms with Crippen LogP contribution in [0.15, 0.2) is 22.1 Å². The highest BCUT2D eigenvalue weighted by Crippen LogP contribution is 2.41. The first-order valence-corrected chi connectivity index (χ1v) is 11.7. The van der Waals surface area contributed by atoms with Gasteiger partial charge < -0.3 is 16.4 Å². The number of aromatic nitrogens is 2. The number of carbonyl (C=O) groups is 1. The second-order valence-electron chi connectivity index (χ2n) is 8.05. The Morgan fingerprint density at radius 2 is 1.83 bits per heavy atom. The van der Waals surface area contributed by atoms with E-state index in [4.69, 9.17) is 40.5 Å². The van der Waals surface area contributed by atoms with Gasteiger partial charge in [-0.1, -0.05) is 34.8 Å². The van der Waals surface area contributed by atoms with Gasteiger partial charge in [-0.25, -0.2) is 9.98 Å². The summed E-state index contributed by atoms with van der Waals surface area (Å²) in [6, 6.07) is 2.83. The van der Waals surface area contributed by atoms with Gasteiger partial charge in [-0.3, -0.25) is 9.36 Å². The van der Waals surface area contributed by atoms with Crippen LogP contribution in [0.2, 0.25) is 15.1 Å². The number of primary amides is 1. The Labute approximate surface area is 214 Å². The summed E-state index contributed by atoms with van der Waals surface area (Å²) in [6.45, 7) is 3.64. The number of nitrogens with zero attached hydrogens (tertiary/aromatic N) is 4. The third-order valence-corrected chi connectivity index (χ3v) is 6.38. The van der Waals surface area contributed by atoms with E-state index in [2.05, 4.69) is 32.3 Å². The number of nitrogens with one attached hydrogen (secondary N) is 2. The second-order valence-corrected chi connectivity index (χ2v) is 9.30. The Hall–Kier alpha value is -2.50. The molecule has 35 heavy (non-hydrogen) atoms. The summed E-state index contributed by atoms with van der Waals surface area (Å²) < 4.78 is 39.9. The number of hydrogen-bond acceptors (Lipinski definition) is 4. The van der Waals surface area contributed by atoms with Crippen molar-refractivity contribution in [1.29, 1.82) is 0 Å². The van der Waals surface area contributed by atoms with Gasteiger partial charge in [-0.15, -0.1) is 0 Å². The van der Waals surface area contributed by atoms with Crippen LogP contribution in [0.5, 0.6) is 0 Å². The fourth-order valence-electron chi connectivity index (χ4n) is 3.91. The lowest BCUT2D eigenvalue weighted by molar-refractivity contribution is -0.123. The average molecular weight is 553 g/mol. The molecular formula is C21H23Cl3F3N7O. The number of rotatable bonds is 6. The van der Waals surface area contributed by atoms with Crippen molar-refractivity contribution >= 4 is 70.8 Å². The third-order valence-electron chi connectivity index (χ3n) is 5.57. The maximum Gasteiger partial charge on any atom is 0.405 e. The molecule has 1 aliphatic carbocycles. The van der Waals surface area contributed by atoms with Crippen molar-refractivity contribution in [3.63, 3.8) is 0 Å². The van der Waals surface area contributed by atoms with Crippen LogP contribution in [-0.4, -0.2) is 40.9 Å². The molecule has 2 aromatic rings. The van der Waals surface area contributed by atoms with Crippen LogP contribution in [0.3, 0.4) is 0 Å². The third kappa shape index (κ3) is 6.80. The Morgan fingerprint density at radius 3 is 2.34 bits per heavy atom. The van der Waals surface area contributed by atoms with E-state index >= 15 is 0 Å². The SMILES string of the molecule is C=N/C(=N\c1c(C)nc(Nc2c(Cl)cc(Cl)cc2Cl)n1[C@H]1CC[C@@H](C(N)=O)CC1)NCC(F)(F)F. The molecule has 3 rings (SSSR count). The molecule has 14 heteroatoms. The largest absolute Gasteiger partial charge is 0.405 e. The first-order chi connectivity index (χ1) is 16.4. The van der Waals surface area contributed by atoms with E-state index in [1.54, 1.807) is 11.5 Å². The minimum atomic E-state index is -4.47. The Balaban J connectivity index is 2.05. The molecule has 190 valence electrons. The van der Waals surface area contributed by atoms with E-state index in [9.17, 15) is 18.0 Å². The molecule has 0 spiro atoms. The quantitative estimate of drug-likeness (QED) is 0.304. The molecule has 0 bridgehead atoms. The number of nitrogens with two attached hydrogens (primary N) is 1. The van der Waals surface area contributed by atoms with Gasteiger partial charge in [-0.2, -0.15) is 18.2 Å². The number of hydrogen-bond donors (Lipinski definition) is 3. The number of aliphatic imine (C=N–C) groups is 2. The summed E-state index contributed by atoms with van der Waals surface area (Å²) >= 11 is 18.7. The summed E-state index contributed by atoms with van der Waals surface area (Å²) in [6.07, 6.45) is -2.25. The Morgan fingerprint density at radius 1 is 1.23 bits per heavy atom. The van der Waals surface area contributed by atoms with Crippen molar-refractivity contribution in [2.75, 3.05) is 11.9 Å². The van der Waals surface area contributed by atoms with Crippen LogP contribution in [0.25, 0.3) is 0 Å². The fourth-order valence-corrected chi connectivity index (χ4v) is 4.82. The molecule has 1 aliphatic rings. The second kappa shape index (κ2) is 11.0. The number of halogens is 6. The maximum absolute atomic E-state index is 12.7. The van der Waals surface area contributed by atoms with Crippen LogP contribution in [0.4, 0.5) is 30.6 Å². The molecule has 0 unspecified atom stereocenters. The van der Waals surface area contributed by atoms with Crippen molar-refractivity contribution in [3.05, 3.63) is 32.9 Å². The molecular weight excluding hydrogens is 530 g/mol. The predicted molar refractivity (Wildman–Crippen MR) is 133 cm³/mol. The zero-order chi connectivity index (χ0) is 25.9. The number of imidazole rings is 1. The van der Waals surface area contributed by atoms with E-state index in [-0.39, 0.29) is 39.7 Å². The molecule has 1 aromatic carbocycles. The number of anilines is 2. The molecule has 0 saturated heterocycles. The highest BCUT2D eigenvalue weighted by atomic mass is 35.5. The standard InChI is InChI=1S/C21H23Cl3F3N7O/c1-10-18(33-19(29-2)30-9-21(25,26)27)34(13-5-3-11(4-6-13)17(28)35)20(31-10)32-16-14(23)7-12(22)8-15(16)24/h7-8,11,13H,2-6,9H2,1H3,(H2,28,35)(H,30,33)(H,31,32)/t11-,13+. The molecule has 1 saturated carbocycles. The fraction of sp³-hybridized carbons (Fsp3) is 0.429. The van der Waals surface area contributed by atoms with Gasteiger partial charge in [0.2, 0.25) is 17.8 Å². The van der Waals surface area contributed by atoms with E-state index in [0.29, 0.717) is 48.0 Å². The first-order valence-electron chi connectivity index (χ1n) is 10.5. The molecule has 1 fully saturated rings. The average Bonchev–Trinajstić information content (AvgIpc) is 3.07. The zero-order valence-corrected chi connectivity index (χ0v) is 20.9. The van der Waals surface area contributed by atoms with E-state index in [1.165, 1.54) is 12.1 Å². The van der Waals surface area contributed by atoms with Crippen molar-refractivity contribution in [3.8, 4) is 0 Å². The van der Waals surface area contributed by atoms with Gasteiger partial charge in [0.05, 0.1) is 21.4 Å². The Bertz CT molecular complexity index is 1120. The lowest BCUT2D eigenvalue weighted by Crippen LogP contribution is -2.32. The number of aryl methyl sites for hydroxylation is 1. The highest BCUT2D eigenvalue weighted by Gasteiger charge is 2.31. The number of benzene rings is 1. The number of alkyl halides is 3. The van der Waals surface area contributed by atoms with Gasteiger partial charge in [0.1, 0.15) is 6.54 Å². The van der Waals surface area contributed by atoms with Crippen molar-refractivity contribution in [1.82, 2.24) is 14.9 Å². The van der Waals surface area contributed by atoms with Crippen LogP contribution >= 0.6 is 34.8 Å². The summed E-state index contributed by atoms with van der Waals surface area (Å²) in [5, 5.41) is 6.08. The molecule has 8 nitrogen and oxygen atoms in total. The van der Waals surface area contributed by atoms with Crippen molar-refractivity contribution in [2.24, 2.45) is 21.6 Å². The van der Waals surface area contributed by atoms with Gasteiger partial charge >= 0.3 is 6.18 Å². The number of guanidine groups is 1. The van der Waals surface area contributed by atoms with Gasteiger partial charge in [0.25, 0.3) is 0 Å². The first kappa shape index (κ1) is 27.1. The summed E-state index contributed by atoms with van der Waals surface area (Å²) in [5.41, 5.74) is 6.23. The van der Waals surface area contributed by atoms with Gasteiger partial charge in [0, 0.05) is 17.0 Å². The molecule has 0 atom stereocenters. The summed E-state index contributed by atoms with van der Waals surface area (Å²) in [4.78, 5) is 24.0. The topological polar surface area (TPSA) is 110 Å². The zero-order valence-electron chi connectivity index (χ0n) is 18.6. The Kier molecular flexibility index (Phi) is 8.55. The molecule has 1 heterocycles. The minimum Gasteiger partial charge on any atom is -0.369 e. The normalized spacial score (nSPS) is 18.9. The maximum atomic E-state index is 12.7. The molecule has 4 N–H and O–H groups in total. The predicted octanol–water partition coefficient (Wildman–Crippen LogP) is 5.95. The van der Waals surface area contributed by atoms with E-state index < -0.39 is 12.7 Å². The monoisotopic (exact) mass is 551 g/mol. The number of amides is 1. The number of carbonyl (C=O) groups excluding carboxylic acids is 1. The van der Waals surface area contributed by atoms with Gasteiger partial charge in [0.15, 0.2) is 5.82 Å². The summed E-state index contributed by atoms with van der Waals surface area (Å²) in [5.74, 6) is -0.344. The van der Waals surface area contributed by atoms with Gasteiger partial charge in [-0.05, 0) is 51.5 Å². The lowest BCUT2D eigenvalue weighted by atomic mass is 9.85. The van der Waals surface area contributed by atoms with E-state index in [0.717, 1.165) is 0 Å². The molecule has 0 radical (unpaired) electrons. The van der Waals surface area contributed by atoms with Crippen LogP contribution in [0.1, 0.15) is 37.4 Å². The van der Waals surface area contributed by atoms with Crippen LogP contribution < -0.4 is 16.4 Å². The molecule has 1 amide bonds. The molecule has 0 aliphatic heterocycles. The minimum absolute atomic E-state index is 0.188. The van der Waals surface area contributed by atoms with Crippen LogP contribution in [0, 0.1) is 12.8 Å². The highest BCUT2D eigenvalue weighted by molar-refractivity contribution is 6.41. The van der Waals surface area contributed by atoms with Crippen LogP contribution in [-0.2, 0) is 4.79 Å². The molecule has 1 aromatic heterocycles. The summed E-state index contributed by atoms with van der Waals surface area (Å²) in [7, 11) is 0. The van der Waals surface area contributed by atoms with Crippen molar-refractivity contribution < 1.29 is 18.0 Å². The van der Waals surface area contributed by atoms with E-state index in [1.807, 2.05) is 0 Å².